The third-order valence-electron chi connectivity index (χ3n) is 3.33. The Labute approximate surface area is 113 Å². The van der Waals surface area contributed by atoms with Gasteiger partial charge in [0.15, 0.2) is 0 Å². The van der Waals surface area contributed by atoms with Gasteiger partial charge in [-0.15, -0.1) is 5.10 Å². The van der Waals surface area contributed by atoms with E-state index in [2.05, 4.69) is 47.8 Å². The summed E-state index contributed by atoms with van der Waals surface area (Å²) in [7, 11) is 0. The lowest BCUT2D eigenvalue weighted by atomic mass is 10.00. The fraction of sp³-hybridized carbons (Fsp3) is 0.429. The molecule has 0 saturated carbocycles. The first kappa shape index (κ1) is 13.7. The third kappa shape index (κ3) is 3.19. The average molecular weight is 259 g/mol. The molecule has 1 heterocycles. The van der Waals surface area contributed by atoms with Crippen LogP contribution in [-0.2, 0) is 13.0 Å². The standard InChI is InChI=1S/C14H21N5/c1-3-8-19-14(10-16-18-19)13(17-15)9-12-7-5-4-6-11(12)2/h4-7,10,13,17H,3,8-9,15H2,1-2H3. The lowest BCUT2D eigenvalue weighted by Crippen LogP contribution is -2.31. The quantitative estimate of drug-likeness (QED) is 0.612. The Kier molecular flexibility index (Phi) is 4.65. The molecular weight excluding hydrogens is 238 g/mol. The molecular formula is C14H21N5. The molecule has 1 atom stereocenters. The Hall–Kier alpha value is -1.72. The number of hydrogen-bond donors (Lipinski definition) is 2. The minimum Gasteiger partial charge on any atom is -0.271 e. The summed E-state index contributed by atoms with van der Waals surface area (Å²) in [6.07, 6.45) is 3.65. The molecule has 0 aliphatic carbocycles. The Bertz CT molecular complexity index is 520. The number of aryl methyl sites for hydroxylation is 2. The largest absolute Gasteiger partial charge is 0.271 e. The van der Waals surface area contributed by atoms with Gasteiger partial charge in [-0.3, -0.25) is 11.3 Å². The maximum atomic E-state index is 5.71. The first-order chi connectivity index (χ1) is 9.26. The number of rotatable bonds is 6. The summed E-state index contributed by atoms with van der Waals surface area (Å²) < 4.78 is 1.92. The third-order valence-corrected chi connectivity index (χ3v) is 3.33. The molecule has 102 valence electrons. The first-order valence-electron chi connectivity index (χ1n) is 6.65. The van der Waals surface area contributed by atoms with E-state index in [1.54, 1.807) is 6.20 Å². The number of hydrogen-bond acceptors (Lipinski definition) is 4. The zero-order valence-electron chi connectivity index (χ0n) is 11.5. The van der Waals surface area contributed by atoms with Gasteiger partial charge in [0.05, 0.1) is 17.9 Å². The highest BCUT2D eigenvalue weighted by atomic mass is 15.4. The second-order valence-electron chi connectivity index (χ2n) is 4.73. The molecule has 19 heavy (non-hydrogen) atoms. The number of nitrogens with two attached hydrogens (primary N) is 1. The highest BCUT2D eigenvalue weighted by Gasteiger charge is 2.16. The second kappa shape index (κ2) is 6.45. The average Bonchev–Trinajstić information content (AvgIpc) is 2.86. The van der Waals surface area contributed by atoms with E-state index in [0.717, 1.165) is 25.1 Å². The summed E-state index contributed by atoms with van der Waals surface area (Å²) in [6.45, 7) is 5.10. The van der Waals surface area contributed by atoms with E-state index in [4.69, 9.17) is 5.84 Å². The van der Waals surface area contributed by atoms with Gasteiger partial charge in [-0.2, -0.15) is 0 Å². The molecule has 0 radical (unpaired) electrons. The van der Waals surface area contributed by atoms with E-state index in [1.165, 1.54) is 11.1 Å². The normalized spacial score (nSPS) is 12.6. The molecule has 0 bridgehead atoms. The molecule has 1 aromatic heterocycles. The molecule has 1 aromatic carbocycles. The van der Waals surface area contributed by atoms with Crippen LogP contribution in [-0.4, -0.2) is 15.0 Å². The molecule has 3 N–H and O–H groups in total. The Balaban J connectivity index is 2.20. The maximum Gasteiger partial charge on any atom is 0.0773 e. The van der Waals surface area contributed by atoms with Gasteiger partial charge >= 0.3 is 0 Å². The van der Waals surface area contributed by atoms with E-state index < -0.39 is 0 Å². The molecule has 2 aromatic rings. The van der Waals surface area contributed by atoms with Crippen LogP contribution >= 0.6 is 0 Å². The highest BCUT2D eigenvalue weighted by Crippen LogP contribution is 2.19. The molecule has 1 unspecified atom stereocenters. The van der Waals surface area contributed by atoms with E-state index in [9.17, 15) is 0 Å². The van der Waals surface area contributed by atoms with Crippen molar-refractivity contribution in [1.82, 2.24) is 20.4 Å². The van der Waals surface area contributed by atoms with Gasteiger partial charge in [-0.25, -0.2) is 4.68 Å². The van der Waals surface area contributed by atoms with Crippen molar-refractivity contribution < 1.29 is 0 Å². The Morgan fingerprint density at radius 3 is 2.84 bits per heavy atom. The maximum absolute atomic E-state index is 5.71. The first-order valence-corrected chi connectivity index (χ1v) is 6.65. The molecule has 0 fully saturated rings. The fourth-order valence-corrected chi connectivity index (χ4v) is 2.23. The van der Waals surface area contributed by atoms with Crippen LogP contribution in [0.4, 0.5) is 0 Å². The van der Waals surface area contributed by atoms with Crippen molar-refractivity contribution in [2.45, 2.75) is 39.3 Å². The van der Waals surface area contributed by atoms with E-state index in [-0.39, 0.29) is 6.04 Å². The van der Waals surface area contributed by atoms with Crippen molar-refractivity contribution in [3.63, 3.8) is 0 Å². The number of hydrazine groups is 1. The van der Waals surface area contributed by atoms with Crippen molar-refractivity contribution >= 4 is 0 Å². The zero-order chi connectivity index (χ0) is 13.7. The van der Waals surface area contributed by atoms with Crippen LogP contribution < -0.4 is 11.3 Å². The highest BCUT2D eigenvalue weighted by molar-refractivity contribution is 5.27. The van der Waals surface area contributed by atoms with Crippen LogP contribution in [0.3, 0.4) is 0 Å². The predicted molar refractivity (Wildman–Crippen MR) is 75.3 cm³/mol. The van der Waals surface area contributed by atoms with E-state index in [1.807, 2.05) is 10.7 Å². The Morgan fingerprint density at radius 2 is 2.16 bits per heavy atom. The Morgan fingerprint density at radius 1 is 1.37 bits per heavy atom. The summed E-state index contributed by atoms with van der Waals surface area (Å²) in [5.41, 5.74) is 6.47. The molecule has 0 aliphatic rings. The van der Waals surface area contributed by atoms with Crippen LogP contribution in [0.2, 0.25) is 0 Å². The van der Waals surface area contributed by atoms with Crippen LogP contribution in [0.5, 0.6) is 0 Å². The van der Waals surface area contributed by atoms with Crippen LogP contribution in [0, 0.1) is 6.92 Å². The lowest BCUT2D eigenvalue weighted by molar-refractivity contribution is 0.473. The number of nitrogens with zero attached hydrogens (tertiary/aromatic N) is 3. The van der Waals surface area contributed by atoms with E-state index in [0.29, 0.717) is 0 Å². The number of aromatic nitrogens is 3. The predicted octanol–water partition coefficient (Wildman–Crippen LogP) is 1.74. The summed E-state index contributed by atoms with van der Waals surface area (Å²) in [5, 5.41) is 8.10. The van der Waals surface area contributed by atoms with Gasteiger partial charge in [0, 0.05) is 6.54 Å². The van der Waals surface area contributed by atoms with Crippen molar-refractivity contribution in [3.05, 3.63) is 47.3 Å². The van der Waals surface area contributed by atoms with Gasteiger partial charge in [0.2, 0.25) is 0 Å². The minimum absolute atomic E-state index is 0.0302. The van der Waals surface area contributed by atoms with Crippen LogP contribution in [0.1, 0.15) is 36.2 Å². The molecule has 0 spiro atoms. The molecule has 5 heteroatoms. The smallest absolute Gasteiger partial charge is 0.0773 e. The summed E-state index contributed by atoms with van der Waals surface area (Å²) in [5.74, 6) is 5.71. The van der Waals surface area contributed by atoms with Crippen LogP contribution in [0.25, 0.3) is 0 Å². The monoisotopic (exact) mass is 259 g/mol. The van der Waals surface area contributed by atoms with Crippen molar-refractivity contribution in [2.24, 2.45) is 5.84 Å². The molecule has 2 rings (SSSR count). The molecule has 0 aliphatic heterocycles. The fourth-order valence-electron chi connectivity index (χ4n) is 2.23. The van der Waals surface area contributed by atoms with Gasteiger partial charge in [0.25, 0.3) is 0 Å². The summed E-state index contributed by atoms with van der Waals surface area (Å²) >= 11 is 0. The summed E-state index contributed by atoms with van der Waals surface area (Å²) in [4.78, 5) is 0. The van der Waals surface area contributed by atoms with Gasteiger partial charge in [0.1, 0.15) is 0 Å². The van der Waals surface area contributed by atoms with Gasteiger partial charge in [-0.05, 0) is 30.9 Å². The SMILES string of the molecule is CCCn1nncc1C(Cc1ccccc1C)NN. The number of nitrogens with one attached hydrogen (secondary N) is 1. The van der Waals surface area contributed by atoms with E-state index >= 15 is 0 Å². The van der Waals surface area contributed by atoms with Gasteiger partial charge < -0.3 is 0 Å². The zero-order valence-corrected chi connectivity index (χ0v) is 11.5. The summed E-state index contributed by atoms with van der Waals surface area (Å²) in [6, 6.07) is 8.38. The van der Waals surface area contributed by atoms with Crippen molar-refractivity contribution in [3.8, 4) is 0 Å². The van der Waals surface area contributed by atoms with Gasteiger partial charge in [-0.1, -0.05) is 36.4 Å². The van der Waals surface area contributed by atoms with Crippen molar-refractivity contribution in [2.75, 3.05) is 0 Å². The second-order valence-corrected chi connectivity index (χ2v) is 4.73. The number of benzene rings is 1. The van der Waals surface area contributed by atoms with Crippen LogP contribution in [0.15, 0.2) is 30.5 Å². The minimum atomic E-state index is 0.0302. The topological polar surface area (TPSA) is 68.8 Å². The lowest BCUT2D eigenvalue weighted by Gasteiger charge is -2.17. The molecule has 0 amide bonds. The van der Waals surface area contributed by atoms with Crippen molar-refractivity contribution in [1.29, 1.82) is 0 Å². The molecule has 0 saturated heterocycles. The molecule has 5 nitrogen and oxygen atoms in total.